The number of aryl methyl sites for hydroxylation is 1. The van der Waals surface area contributed by atoms with Gasteiger partial charge in [0.1, 0.15) is 5.01 Å². The van der Waals surface area contributed by atoms with Gasteiger partial charge in [-0.15, -0.1) is 10.2 Å². The van der Waals surface area contributed by atoms with E-state index in [1.54, 1.807) is 11.3 Å². The molecular weight excluding hydrogens is 244 g/mol. The van der Waals surface area contributed by atoms with E-state index in [-0.39, 0.29) is 0 Å². The van der Waals surface area contributed by atoms with Crippen molar-refractivity contribution in [3.05, 3.63) is 5.01 Å². The van der Waals surface area contributed by atoms with Gasteiger partial charge in [0, 0.05) is 12.1 Å². The Morgan fingerprint density at radius 1 is 1.39 bits per heavy atom. The van der Waals surface area contributed by atoms with Crippen LogP contribution in [0.1, 0.15) is 51.0 Å². The van der Waals surface area contributed by atoms with E-state index in [1.165, 1.54) is 38.6 Å². The molecule has 0 bridgehead atoms. The summed E-state index contributed by atoms with van der Waals surface area (Å²) in [6.07, 6.45) is 7.51. The summed E-state index contributed by atoms with van der Waals surface area (Å²) in [6.45, 7) is 5.53. The van der Waals surface area contributed by atoms with Crippen LogP contribution in [0.15, 0.2) is 0 Å². The van der Waals surface area contributed by atoms with Crippen molar-refractivity contribution < 1.29 is 0 Å². The first-order valence-corrected chi connectivity index (χ1v) is 7.92. The molecule has 2 heterocycles. The van der Waals surface area contributed by atoms with E-state index < -0.39 is 0 Å². The van der Waals surface area contributed by atoms with Gasteiger partial charge in [0.05, 0.1) is 0 Å². The van der Waals surface area contributed by atoms with Gasteiger partial charge < -0.3 is 10.6 Å². The molecule has 0 amide bonds. The van der Waals surface area contributed by atoms with Crippen molar-refractivity contribution in [2.24, 2.45) is 0 Å². The molecule has 2 atom stereocenters. The molecule has 1 aliphatic rings. The summed E-state index contributed by atoms with van der Waals surface area (Å²) >= 11 is 1.67. The summed E-state index contributed by atoms with van der Waals surface area (Å²) in [6, 6.07) is 1.12. The highest BCUT2D eigenvalue weighted by Crippen LogP contribution is 2.19. The fraction of sp³-hybridized carbons (Fsp3) is 0.846. The van der Waals surface area contributed by atoms with E-state index in [0.717, 1.165) is 16.6 Å². The van der Waals surface area contributed by atoms with Crippen LogP contribution >= 0.6 is 11.3 Å². The van der Waals surface area contributed by atoms with Crippen LogP contribution in [0.5, 0.6) is 0 Å². The van der Waals surface area contributed by atoms with Crippen molar-refractivity contribution in [1.82, 2.24) is 15.5 Å². The summed E-state index contributed by atoms with van der Waals surface area (Å²) < 4.78 is 0. The molecule has 1 aliphatic heterocycles. The van der Waals surface area contributed by atoms with Crippen LogP contribution in [0.3, 0.4) is 0 Å². The van der Waals surface area contributed by atoms with Crippen LogP contribution in [0, 0.1) is 0 Å². The first-order valence-electron chi connectivity index (χ1n) is 7.10. The maximum absolute atomic E-state index is 4.18. The minimum Gasteiger partial charge on any atom is -0.358 e. The monoisotopic (exact) mass is 268 g/mol. The Labute approximate surface area is 114 Å². The van der Waals surface area contributed by atoms with E-state index in [2.05, 4.69) is 34.7 Å². The van der Waals surface area contributed by atoms with Crippen molar-refractivity contribution in [3.63, 3.8) is 0 Å². The molecule has 2 unspecified atom stereocenters. The minimum atomic E-state index is 0.457. The van der Waals surface area contributed by atoms with Crippen molar-refractivity contribution in [2.75, 3.05) is 11.9 Å². The predicted octanol–water partition coefficient (Wildman–Crippen LogP) is 2.82. The summed E-state index contributed by atoms with van der Waals surface area (Å²) in [4.78, 5) is 0. The minimum absolute atomic E-state index is 0.457. The zero-order valence-electron chi connectivity index (χ0n) is 11.4. The summed E-state index contributed by atoms with van der Waals surface area (Å²) in [7, 11) is 0. The second-order valence-electron chi connectivity index (χ2n) is 5.14. The lowest BCUT2D eigenvalue weighted by molar-refractivity contribution is 0.456. The van der Waals surface area contributed by atoms with Crippen molar-refractivity contribution in [1.29, 1.82) is 0 Å². The molecule has 2 N–H and O–H groups in total. The number of nitrogens with one attached hydrogen (secondary N) is 2. The van der Waals surface area contributed by atoms with Gasteiger partial charge in [-0.05, 0) is 39.2 Å². The first kappa shape index (κ1) is 13.7. The van der Waals surface area contributed by atoms with E-state index in [9.17, 15) is 0 Å². The van der Waals surface area contributed by atoms with Gasteiger partial charge in [-0.2, -0.15) is 0 Å². The zero-order chi connectivity index (χ0) is 12.8. The van der Waals surface area contributed by atoms with Crippen LogP contribution in [0.2, 0.25) is 0 Å². The molecule has 5 heteroatoms. The Balaban J connectivity index is 1.78. The first-order chi connectivity index (χ1) is 8.78. The van der Waals surface area contributed by atoms with Crippen LogP contribution in [0.25, 0.3) is 0 Å². The highest BCUT2D eigenvalue weighted by molar-refractivity contribution is 7.15. The van der Waals surface area contributed by atoms with Gasteiger partial charge in [-0.25, -0.2) is 0 Å². The third-order valence-electron chi connectivity index (χ3n) is 3.44. The van der Waals surface area contributed by atoms with Gasteiger partial charge in [-0.1, -0.05) is 31.1 Å². The molecule has 0 aromatic carbocycles. The average molecular weight is 268 g/mol. The number of anilines is 1. The largest absolute Gasteiger partial charge is 0.358 e. The molecule has 1 aromatic heterocycles. The van der Waals surface area contributed by atoms with Crippen molar-refractivity contribution in [2.45, 2.75) is 64.5 Å². The van der Waals surface area contributed by atoms with Crippen LogP contribution in [-0.2, 0) is 6.42 Å². The van der Waals surface area contributed by atoms with Gasteiger partial charge in [-0.3, -0.25) is 0 Å². The van der Waals surface area contributed by atoms with E-state index in [4.69, 9.17) is 0 Å². The third-order valence-corrected chi connectivity index (χ3v) is 4.44. The molecule has 1 aromatic rings. The van der Waals surface area contributed by atoms with Gasteiger partial charge in [0.15, 0.2) is 0 Å². The molecular formula is C13H24N4S. The van der Waals surface area contributed by atoms with Gasteiger partial charge in [0.25, 0.3) is 0 Å². The number of rotatable bonds is 5. The molecule has 18 heavy (non-hydrogen) atoms. The Morgan fingerprint density at radius 2 is 2.28 bits per heavy atom. The van der Waals surface area contributed by atoms with Crippen LogP contribution in [-0.4, -0.2) is 28.8 Å². The van der Waals surface area contributed by atoms with E-state index >= 15 is 0 Å². The smallest absolute Gasteiger partial charge is 0.205 e. The number of aromatic nitrogens is 2. The number of hydrogen-bond donors (Lipinski definition) is 2. The highest BCUT2D eigenvalue weighted by atomic mass is 32.1. The molecule has 0 spiro atoms. The zero-order valence-corrected chi connectivity index (χ0v) is 12.2. The Hall–Kier alpha value is -0.680. The third kappa shape index (κ3) is 4.21. The number of nitrogens with zero attached hydrogens (tertiary/aromatic N) is 2. The molecule has 1 fully saturated rings. The lowest BCUT2D eigenvalue weighted by Crippen LogP contribution is -2.33. The highest BCUT2D eigenvalue weighted by Gasteiger charge is 2.15. The molecule has 4 nitrogen and oxygen atoms in total. The Bertz CT molecular complexity index is 345. The quantitative estimate of drug-likeness (QED) is 0.862. The fourth-order valence-electron chi connectivity index (χ4n) is 2.45. The van der Waals surface area contributed by atoms with Gasteiger partial charge in [0.2, 0.25) is 5.13 Å². The topological polar surface area (TPSA) is 49.8 Å². The predicted molar refractivity (Wildman–Crippen MR) is 77.2 cm³/mol. The molecule has 1 saturated heterocycles. The number of hydrogen-bond acceptors (Lipinski definition) is 5. The molecule has 0 aliphatic carbocycles. The van der Waals surface area contributed by atoms with E-state index in [0.29, 0.717) is 12.1 Å². The van der Waals surface area contributed by atoms with Crippen molar-refractivity contribution >= 4 is 16.5 Å². The molecule has 0 saturated carbocycles. The lowest BCUT2D eigenvalue weighted by Gasteiger charge is -2.20. The fourth-order valence-corrected chi connectivity index (χ4v) is 3.24. The Morgan fingerprint density at radius 3 is 3.06 bits per heavy atom. The SMILES string of the molecule is CCc1nnc(NC(C)CC2CCCCCN2)s1. The lowest BCUT2D eigenvalue weighted by atomic mass is 10.0. The molecule has 2 rings (SSSR count). The van der Waals surface area contributed by atoms with Crippen molar-refractivity contribution in [3.8, 4) is 0 Å². The van der Waals surface area contributed by atoms with Crippen LogP contribution < -0.4 is 10.6 Å². The Kier molecular flexibility index (Phi) is 5.38. The summed E-state index contributed by atoms with van der Waals surface area (Å²) in [5.41, 5.74) is 0. The molecule has 102 valence electrons. The normalized spacial score (nSPS) is 22.4. The van der Waals surface area contributed by atoms with Gasteiger partial charge >= 0.3 is 0 Å². The standard InChI is InChI=1S/C13H24N4S/c1-3-12-16-17-13(18-12)15-10(2)9-11-7-5-4-6-8-14-11/h10-11,14H,3-9H2,1-2H3,(H,15,17). The average Bonchev–Trinajstić information content (AvgIpc) is 2.65. The maximum Gasteiger partial charge on any atom is 0.205 e. The summed E-state index contributed by atoms with van der Waals surface area (Å²) in [5.74, 6) is 0. The second-order valence-corrected chi connectivity index (χ2v) is 6.20. The second kappa shape index (κ2) is 7.04. The van der Waals surface area contributed by atoms with E-state index in [1.807, 2.05) is 0 Å². The summed E-state index contributed by atoms with van der Waals surface area (Å²) in [5, 5.41) is 17.5. The maximum atomic E-state index is 4.18. The van der Waals surface area contributed by atoms with Crippen LogP contribution in [0.4, 0.5) is 5.13 Å². The molecule has 0 radical (unpaired) electrons.